The Hall–Kier alpha value is -5.07. The average Bonchev–Trinajstić information content (AvgIpc) is 3.93. The van der Waals surface area contributed by atoms with E-state index in [-0.39, 0.29) is 10.8 Å². The molecule has 0 unspecified atom stereocenters. The standard InChI is InChI=1S/C53H46N4OS/c1-4-13-40-37(10-1)43-44-38-11-2-5-14-41(38)58-47(44)48-45(39-12-3-6-15-42(39)59-48)46(43)57(40)36-9-7-8-35(22-36)49-54-50(52-23-29-16-30(24-52)18-31(17-29)25-52)56-51(55-49)53-26-32-19-33(27-53)21-34(20-32)28-53/h1-15,22,29-34H,16-21,23-28H2. The van der Waals surface area contributed by atoms with Crippen LogP contribution in [0.5, 0.6) is 0 Å². The third kappa shape index (κ3) is 4.44. The fraction of sp³-hybridized carbons (Fsp3) is 0.377. The number of hydrogen-bond acceptors (Lipinski definition) is 5. The number of hydrogen-bond donors (Lipinski definition) is 0. The van der Waals surface area contributed by atoms with Crippen molar-refractivity contribution in [2.24, 2.45) is 35.5 Å². The molecule has 8 aliphatic rings. The minimum absolute atomic E-state index is 0.109. The molecule has 8 bridgehead atoms. The molecule has 0 N–H and O–H groups in total. The molecule has 9 aromatic rings. The number of nitrogens with zero attached hydrogens (tertiary/aromatic N) is 4. The van der Waals surface area contributed by atoms with Crippen molar-refractivity contribution in [1.29, 1.82) is 0 Å². The molecule has 0 spiro atoms. The summed E-state index contributed by atoms with van der Waals surface area (Å²) in [5.74, 6) is 8.23. The van der Waals surface area contributed by atoms with Gasteiger partial charge < -0.3 is 8.98 Å². The molecule has 0 amide bonds. The van der Waals surface area contributed by atoms with Gasteiger partial charge in [0.05, 0.1) is 15.7 Å². The second-order valence-corrected chi connectivity index (χ2v) is 21.5. The summed E-state index contributed by atoms with van der Waals surface area (Å²) < 4.78 is 11.9. The molecular formula is C53H46N4OS. The molecule has 0 radical (unpaired) electrons. The lowest BCUT2D eigenvalue weighted by molar-refractivity contribution is -0.0155. The molecule has 6 heteroatoms. The summed E-state index contributed by atoms with van der Waals surface area (Å²) in [7, 11) is 0. The van der Waals surface area contributed by atoms with Gasteiger partial charge in [-0.15, -0.1) is 11.3 Å². The van der Waals surface area contributed by atoms with E-state index >= 15 is 0 Å². The molecule has 290 valence electrons. The highest BCUT2D eigenvalue weighted by atomic mass is 32.1. The molecule has 8 aliphatic carbocycles. The minimum Gasteiger partial charge on any atom is -0.455 e. The van der Waals surface area contributed by atoms with Crippen LogP contribution in [-0.4, -0.2) is 19.5 Å². The second kappa shape index (κ2) is 11.4. The summed E-state index contributed by atoms with van der Waals surface area (Å²) in [6.07, 6.45) is 16.2. The van der Waals surface area contributed by atoms with Crippen LogP contribution in [0.1, 0.15) is 88.7 Å². The van der Waals surface area contributed by atoms with Crippen LogP contribution in [0, 0.1) is 35.5 Å². The van der Waals surface area contributed by atoms with E-state index in [0.717, 1.165) is 75.4 Å². The molecule has 17 rings (SSSR count). The molecule has 0 atom stereocenters. The van der Waals surface area contributed by atoms with Crippen molar-refractivity contribution in [2.75, 3.05) is 0 Å². The van der Waals surface area contributed by atoms with Crippen LogP contribution in [-0.2, 0) is 10.8 Å². The van der Waals surface area contributed by atoms with E-state index in [1.807, 2.05) is 11.3 Å². The van der Waals surface area contributed by atoms with Gasteiger partial charge in [-0.1, -0.05) is 66.7 Å². The van der Waals surface area contributed by atoms with E-state index in [1.165, 1.54) is 130 Å². The van der Waals surface area contributed by atoms with Crippen molar-refractivity contribution in [3.05, 3.63) is 109 Å². The van der Waals surface area contributed by atoms with Crippen molar-refractivity contribution in [3.63, 3.8) is 0 Å². The summed E-state index contributed by atoms with van der Waals surface area (Å²) in [6, 6.07) is 35.7. The number of thiophene rings is 1. The average molecular weight is 787 g/mol. The van der Waals surface area contributed by atoms with Crippen LogP contribution in [0.2, 0.25) is 0 Å². The predicted molar refractivity (Wildman–Crippen MR) is 239 cm³/mol. The topological polar surface area (TPSA) is 56.7 Å². The van der Waals surface area contributed by atoms with Crippen molar-refractivity contribution in [3.8, 4) is 17.1 Å². The smallest absolute Gasteiger partial charge is 0.163 e. The van der Waals surface area contributed by atoms with Crippen LogP contribution in [0.4, 0.5) is 0 Å². The van der Waals surface area contributed by atoms with E-state index < -0.39 is 0 Å². The maximum absolute atomic E-state index is 6.82. The van der Waals surface area contributed by atoms with Gasteiger partial charge in [0.15, 0.2) is 11.4 Å². The number of para-hydroxylation sites is 2. The Kier molecular flexibility index (Phi) is 6.32. The summed E-state index contributed by atoms with van der Waals surface area (Å²) in [4.78, 5) is 17.1. The monoisotopic (exact) mass is 786 g/mol. The largest absolute Gasteiger partial charge is 0.455 e. The zero-order valence-corrected chi connectivity index (χ0v) is 34.1. The Morgan fingerprint density at radius 2 is 1.12 bits per heavy atom. The lowest BCUT2D eigenvalue weighted by atomic mass is 9.49. The van der Waals surface area contributed by atoms with Gasteiger partial charge in [-0.05, 0) is 143 Å². The Morgan fingerprint density at radius 3 is 1.78 bits per heavy atom. The van der Waals surface area contributed by atoms with E-state index in [2.05, 4.69) is 102 Å². The van der Waals surface area contributed by atoms with Gasteiger partial charge in [-0.2, -0.15) is 0 Å². The quantitative estimate of drug-likeness (QED) is 0.178. The van der Waals surface area contributed by atoms with E-state index in [4.69, 9.17) is 19.4 Å². The highest BCUT2D eigenvalue weighted by molar-refractivity contribution is 7.26. The molecule has 5 nitrogen and oxygen atoms in total. The summed E-state index contributed by atoms with van der Waals surface area (Å²) in [6.45, 7) is 0. The van der Waals surface area contributed by atoms with Gasteiger partial charge >= 0.3 is 0 Å². The minimum atomic E-state index is 0.109. The van der Waals surface area contributed by atoms with Gasteiger partial charge in [-0.25, -0.2) is 15.0 Å². The molecule has 4 aromatic heterocycles. The van der Waals surface area contributed by atoms with E-state index in [9.17, 15) is 0 Å². The third-order valence-corrected chi connectivity index (χ3v) is 18.0. The molecule has 0 aliphatic heterocycles. The summed E-state index contributed by atoms with van der Waals surface area (Å²) in [5.41, 5.74) is 6.84. The van der Waals surface area contributed by atoms with Gasteiger partial charge in [0, 0.05) is 59.1 Å². The SMILES string of the molecule is c1cc(-c2nc(C34CC5CC(CC(C5)C3)C4)nc(C34CC5CC(CC(C5)C3)C4)n2)cc(-n2c3ccccc3c3c4c5ccccc5oc4c4sc5ccccc5c4c32)c1. The van der Waals surface area contributed by atoms with Crippen LogP contribution in [0.15, 0.2) is 101 Å². The highest BCUT2D eigenvalue weighted by Crippen LogP contribution is 2.63. The maximum atomic E-state index is 6.82. The Labute approximate surface area is 346 Å². The molecule has 8 fully saturated rings. The van der Waals surface area contributed by atoms with Gasteiger partial charge in [0.1, 0.15) is 17.2 Å². The van der Waals surface area contributed by atoms with Gasteiger partial charge in [0.2, 0.25) is 0 Å². The first-order valence-electron chi connectivity index (χ1n) is 22.6. The fourth-order valence-electron chi connectivity index (χ4n) is 15.4. The van der Waals surface area contributed by atoms with Gasteiger partial charge in [0.25, 0.3) is 0 Å². The van der Waals surface area contributed by atoms with Crippen LogP contribution < -0.4 is 0 Å². The van der Waals surface area contributed by atoms with Crippen molar-refractivity contribution in [2.45, 2.75) is 87.9 Å². The Balaban J connectivity index is 0.993. The van der Waals surface area contributed by atoms with Crippen molar-refractivity contribution in [1.82, 2.24) is 19.5 Å². The number of furan rings is 1. The van der Waals surface area contributed by atoms with Crippen molar-refractivity contribution < 1.29 is 4.42 Å². The van der Waals surface area contributed by atoms with Gasteiger partial charge in [-0.3, -0.25) is 0 Å². The van der Waals surface area contributed by atoms with E-state index in [0.29, 0.717) is 0 Å². The lowest BCUT2D eigenvalue weighted by Crippen LogP contribution is -2.51. The van der Waals surface area contributed by atoms with Crippen LogP contribution in [0.3, 0.4) is 0 Å². The van der Waals surface area contributed by atoms with Crippen molar-refractivity contribution >= 4 is 75.3 Å². The fourth-order valence-corrected chi connectivity index (χ4v) is 16.6. The molecule has 5 aromatic carbocycles. The predicted octanol–water partition coefficient (Wildman–Crippen LogP) is 13.8. The Bertz CT molecular complexity index is 3140. The first-order valence-corrected chi connectivity index (χ1v) is 23.4. The first-order chi connectivity index (χ1) is 29.0. The maximum Gasteiger partial charge on any atom is 0.163 e. The number of rotatable bonds is 4. The summed E-state index contributed by atoms with van der Waals surface area (Å²) in [5, 5.41) is 7.42. The zero-order chi connectivity index (χ0) is 38.2. The second-order valence-electron chi connectivity index (χ2n) is 20.4. The molecular weight excluding hydrogens is 741 g/mol. The molecule has 59 heavy (non-hydrogen) atoms. The lowest BCUT2D eigenvalue weighted by Gasteiger charge is -2.57. The zero-order valence-electron chi connectivity index (χ0n) is 33.3. The van der Waals surface area contributed by atoms with Crippen LogP contribution in [0.25, 0.3) is 81.0 Å². The normalized spacial score (nSPS) is 30.7. The van der Waals surface area contributed by atoms with Crippen LogP contribution >= 0.6 is 11.3 Å². The number of fused-ring (bicyclic) bond motifs is 12. The highest BCUT2D eigenvalue weighted by Gasteiger charge is 2.56. The molecule has 4 heterocycles. The molecule has 8 saturated carbocycles. The molecule has 0 saturated heterocycles. The summed E-state index contributed by atoms with van der Waals surface area (Å²) >= 11 is 1.85. The first kappa shape index (κ1) is 32.7. The third-order valence-electron chi connectivity index (χ3n) is 16.8. The number of benzene rings is 5. The number of aromatic nitrogens is 4. The van der Waals surface area contributed by atoms with E-state index in [1.54, 1.807) is 0 Å². The Morgan fingerprint density at radius 1 is 0.542 bits per heavy atom.